The molecule has 0 spiro atoms. The van der Waals surface area contributed by atoms with E-state index >= 15 is 0 Å². The Labute approximate surface area is 161 Å². The second-order valence-corrected chi connectivity index (χ2v) is 6.70. The average molecular weight is 388 g/mol. The van der Waals surface area contributed by atoms with Crippen LogP contribution >= 0.6 is 23.4 Å². The third-order valence-corrected chi connectivity index (χ3v) is 4.69. The summed E-state index contributed by atoms with van der Waals surface area (Å²) in [6.07, 6.45) is 3.54. The number of aromatic nitrogens is 2. The van der Waals surface area contributed by atoms with Crippen LogP contribution in [0.25, 0.3) is 5.69 Å². The molecule has 1 amide bonds. The highest BCUT2D eigenvalue weighted by molar-refractivity contribution is 7.99. The van der Waals surface area contributed by atoms with Crippen LogP contribution in [0, 0.1) is 0 Å². The van der Waals surface area contributed by atoms with Gasteiger partial charge in [0.1, 0.15) is 5.75 Å². The fourth-order valence-corrected chi connectivity index (χ4v) is 3.34. The van der Waals surface area contributed by atoms with Gasteiger partial charge in [-0.3, -0.25) is 9.36 Å². The van der Waals surface area contributed by atoms with Gasteiger partial charge in [0.15, 0.2) is 5.16 Å². The molecule has 3 rings (SSSR count). The number of anilines is 1. The van der Waals surface area contributed by atoms with Crippen LogP contribution in [0.5, 0.6) is 5.75 Å². The van der Waals surface area contributed by atoms with Crippen molar-refractivity contribution in [3.05, 3.63) is 65.9 Å². The van der Waals surface area contributed by atoms with Gasteiger partial charge in [-0.15, -0.1) is 0 Å². The van der Waals surface area contributed by atoms with Crippen molar-refractivity contribution < 1.29 is 9.53 Å². The Morgan fingerprint density at radius 1 is 1.27 bits per heavy atom. The van der Waals surface area contributed by atoms with E-state index < -0.39 is 0 Å². The van der Waals surface area contributed by atoms with Gasteiger partial charge in [0.2, 0.25) is 5.91 Å². The van der Waals surface area contributed by atoms with Gasteiger partial charge < -0.3 is 10.1 Å². The fourth-order valence-electron chi connectivity index (χ4n) is 2.39. The number of rotatable bonds is 7. The number of halogens is 1. The zero-order chi connectivity index (χ0) is 18.4. The molecule has 0 saturated heterocycles. The molecule has 0 saturated carbocycles. The number of para-hydroxylation sites is 2. The van der Waals surface area contributed by atoms with Crippen molar-refractivity contribution in [1.29, 1.82) is 0 Å². The monoisotopic (exact) mass is 387 g/mol. The third kappa shape index (κ3) is 4.59. The van der Waals surface area contributed by atoms with E-state index in [2.05, 4.69) is 10.3 Å². The molecule has 1 heterocycles. The van der Waals surface area contributed by atoms with Crippen molar-refractivity contribution in [2.45, 2.75) is 12.1 Å². The van der Waals surface area contributed by atoms with E-state index in [1.807, 2.05) is 66.2 Å². The van der Waals surface area contributed by atoms with E-state index in [1.165, 1.54) is 11.8 Å². The molecule has 0 aliphatic carbocycles. The zero-order valence-electron chi connectivity index (χ0n) is 14.2. The molecule has 0 atom stereocenters. The number of nitrogens with zero attached hydrogens (tertiary/aromatic N) is 2. The second kappa shape index (κ2) is 8.78. The molecule has 0 aliphatic heterocycles. The highest BCUT2D eigenvalue weighted by atomic mass is 35.5. The first-order valence-electron chi connectivity index (χ1n) is 8.11. The zero-order valence-corrected chi connectivity index (χ0v) is 15.8. The van der Waals surface area contributed by atoms with E-state index in [0.717, 1.165) is 10.8 Å². The van der Waals surface area contributed by atoms with E-state index in [9.17, 15) is 4.79 Å². The minimum Gasteiger partial charge on any atom is -0.492 e. The van der Waals surface area contributed by atoms with Crippen molar-refractivity contribution in [3.8, 4) is 11.4 Å². The predicted molar refractivity (Wildman–Crippen MR) is 106 cm³/mol. The first-order chi connectivity index (χ1) is 12.7. The summed E-state index contributed by atoms with van der Waals surface area (Å²) in [6, 6.07) is 14.9. The summed E-state index contributed by atoms with van der Waals surface area (Å²) in [5, 5.41) is 4.26. The second-order valence-electron chi connectivity index (χ2n) is 5.33. The van der Waals surface area contributed by atoms with E-state index in [0.29, 0.717) is 23.1 Å². The van der Waals surface area contributed by atoms with Crippen LogP contribution in [0.4, 0.5) is 5.69 Å². The van der Waals surface area contributed by atoms with Gasteiger partial charge in [-0.1, -0.05) is 41.6 Å². The number of nitrogens with one attached hydrogen (secondary N) is 1. The van der Waals surface area contributed by atoms with Gasteiger partial charge in [-0.25, -0.2) is 4.98 Å². The minimum atomic E-state index is -0.122. The van der Waals surface area contributed by atoms with Crippen molar-refractivity contribution in [3.63, 3.8) is 0 Å². The Morgan fingerprint density at radius 2 is 2.12 bits per heavy atom. The number of carbonyl (C=O) groups is 1. The lowest BCUT2D eigenvalue weighted by molar-refractivity contribution is -0.113. The number of thioether (sulfide) groups is 1. The van der Waals surface area contributed by atoms with Crippen LogP contribution in [0.3, 0.4) is 0 Å². The van der Waals surface area contributed by atoms with Crippen molar-refractivity contribution >= 4 is 35.0 Å². The Morgan fingerprint density at radius 3 is 2.92 bits per heavy atom. The van der Waals surface area contributed by atoms with Crippen LogP contribution in [0.1, 0.15) is 6.92 Å². The van der Waals surface area contributed by atoms with E-state index in [1.54, 1.807) is 6.20 Å². The van der Waals surface area contributed by atoms with E-state index in [4.69, 9.17) is 16.3 Å². The molecule has 7 heteroatoms. The summed E-state index contributed by atoms with van der Waals surface area (Å²) < 4.78 is 7.43. The largest absolute Gasteiger partial charge is 0.492 e. The van der Waals surface area contributed by atoms with Gasteiger partial charge >= 0.3 is 0 Å². The number of benzene rings is 2. The van der Waals surface area contributed by atoms with Gasteiger partial charge in [-0.05, 0) is 37.3 Å². The summed E-state index contributed by atoms with van der Waals surface area (Å²) in [4.78, 5) is 16.6. The Hall–Kier alpha value is -2.44. The van der Waals surface area contributed by atoms with Crippen LogP contribution in [-0.2, 0) is 4.79 Å². The molecule has 1 aromatic heterocycles. The standard InChI is InChI=1S/C19H18ClN3O2S/c1-2-25-17-9-4-3-8-16(17)22-18(24)13-26-19-21-10-11-23(19)15-7-5-6-14(20)12-15/h3-12H,2,13H2,1H3,(H,22,24). The lowest BCUT2D eigenvalue weighted by Crippen LogP contribution is -2.15. The van der Waals surface area contributed by atoms with Gasteiger partial charge in [0.25, 0.3) is 0 Å². The smallest absolute Gasteiger partial charge is 0.234 e. The number of hydrogen-bond donors (Lipinski definition) is 1. The third-order valence-electron chi connectivity index (χ3n) is 3.49. The van der Waals surface area contributed by atoms with Gasteiger partial charge in [0, 0.05) is 23.1 Å². The molecule has 0 radical (unpaired) electrons. The molecule has 0 fully saturated rings. The van der Waals surface area contributed by atoms with Crippen LogP contribution in [0.2, 0.25) is 5.02 Å². The maximum atomic E-state index is 12.3. The van der Waals surface area contributed by atoms with Crippen LogP contribution < -0.4 is 10.1 Å². The molecule has 1 N–H and O–H groups in total. The molecule has 0 bridgehead atoms. The number of ether oxygens (including phenoxy) is 1. The maximum Gasteiger partial charge on any atom is 0.234 e. The summed E-state index contributed by atoms with van der Waals surface area (Å²) in [7, 11) is 0. The van der Waals surface area contributed by atoms with Crippen LogP contribution in [0.15, 0.2) is 66.1 Å². The molecular formula is C19H18ClN3O2S. The normalized spacial score (nSPS) is 10.5. The maximum absolute atomic E-state index is 12.3. The number of hydrogen-bond acceptors (Lipinski definition) is 4. The number of imidazole rings is 1. The molecule has 134 valence electrons. The van der Waals surface area contributed by atoms with Crippen molar-refractivity contribution in [1.82, 2.24) is 9.55 Å². The quantitative estimate of drug-likeness (QED) is 0.599. The Kier molecular flexibility index (Phi) is 6.20. The van der Waals surface area contributed by atoms with Crippen molar-refractivity contribution in [2.75, 3.05) is 17.7 Å². The summed E-state index contributed by atoms with van der Waals surface area (Å²) >= 11 is 7.41. The fraction of sp³-hybridized carbons (Fsp3) is 0.158. The highest BCUT2D eigenvalue weighted by Crippen LogP contribution is 2.25. The summed E-state index contributed by atoms with van der Waals surface area (Å²) in [5.74, 6) is 0.773. The molecule has 5 nitrogen and oxygen atoms in total. The topological polar surface area (TPSA) is 56.1 Å². The lowest BCUT2D eigenvalue weighted by atomic mass is 10.3. The van der Waals surface area contributed by atoms with Crippen LogP contribution in [-0.4, -0.2) is 27.8 Å². The SMILES string of the molecule is CCOc1ccccc1NC(=O)CSc1nccn1-c1cccc(Cl)c1. The van der Waals surface area contributed by atoms with E-state index in [-0.39, 0.29) is 11.7 Å². The Balaban J connectivity index is 1.65. The first-order valence-corrected chi connectivity index (χ1v) is 9.47. The molecule has 26 heavy (non-hydrogen) atoms. The number of carbonyl (C=O) groups excluding carboxylic acids is 1. The minimum absolute atomic E-state index is 0.122. The highest BCUT2D eigenvalue weighted by Gasteiger charge is 2.11. The summed E-state index contributed by atoms with van der Waals surface area (Å²) in [6.45, 7) is 2.45. The predicted octanol–water partition coefficient (Wildman–Crippen LogP) is 4.66. The van der Waals surface area contributed by atoms with Gasteiger partial charge in [-0.2, -0.15) is 0 Å². The lowest BCUT2D eigenvalue weighted by Gasteiger charge is -2.11. The first kappa shape index (κ1) is 18.4. The number of amides is 1. The Bertz CT molecular complexity index is 898. The average Bonchev–Trinajstić information content (AvgIpc) is 3.10. The van der Waals surface area contributed by atoms with Crippen molar-refractivity contribution in [2.24, 2.45) is 0 Å². The molecule has 0 aliphatic rings. The molecule has 3 aromatic rings. The summed E-state index contributed by atoms with van der Waals surface area (Å²) in [5.41, 5.74) is 1.57. The van der Waals surface area contributed by atoms with Gasteiger partial charge in [0.05, 0.1) is 18.0 Å². The molecule has 0 unspecified atom stereocenters. The molecule has 2 aromatic carbocycles. The molecular weight excluding hydrogens is 370 g/mol.